The molecule has 0 aromatic heterocycles. The number of hydrogen-bond acceptors (Lipinski definition) is 2. The zero-order valence-electron chi connectivity index (χ0n) is 9.38. The maximum absolute atomic E-state index is 13.5. The third-order valence-corrected chi connectivity index (χ3v) is 2.68. The maximum Gasteiger partial charge on any atom is 0.196 e. The Bertz CT molecular complexity index is 653. The monoisotopic (exact) mass is 285 g/mol. The van der Waals surface area contributed by atoms with E-state index >= 15 is 0 Å². The Morgan fingerprint density at radius 2 is 1.74 bits per heavy atom. The minimum atomic E-state index is -1.69. The van der Waals surface area contributed by atoms with Crippen LogP contribution in [0.4, 0.5) is 18.9 Å². The Morgan fingerprint density at radius 3 is 2.37 bits per heavy atom. The van der Waals surface area contributed by atoms with Crippen molar-refractivity contribution in [3.05, 3.63) is 63.9 Å². The van der Waals surface area contributed by atoms with Crippen LogP contribution in [0.5, 0.6) is 0 Å². The highest BCUT2D eigenvalue weighted by atomic mass is 35.5. The zero-order valence-corrected chi connectivity index (χ0v) is 10.1. The van der Waals surface area contributed by atoms with Crippen molar-refractivity contribution in [1.29, 1.82) is 0 Å². The fourth-order valence-corrected chi connectivity index (χ4v) is 1.84. The highest BCUT2D eigenvalue weighted by Crippen LogP contribution is 2.22. The fraction of sp³-hybridized carbons (Fsp3) is 0. The van der Waals surface area contributed by atoms with E-state index in [-0.39, 0.29) is 16.3 Å². The molecule has 0 aliphatic rings. The number of ketones is 1. The van der Waals surface area contributed by atoms with Gasteiger partial charge >= 0.3 is 0 Å². The van der Waals surface area contributed by atoms with Gasteiger partial charge in [0.25, 0.3) is 0 Å². The van der Waals surface area contributed by atoms with Crippen LogP contribution in [0.1, 0.15) is 15.9 Å². The number of carbonyl (C=O) groups is 1. The molecule has 98 valence electrons. The Morgan fingerprint density at radius 1 is 1.05 bits per heavy atom. The van der Waals surface area contributed by atoms with Gasteiger partial charge in [-0.15, -0.1) is 0 Å². The van der Waals surface area contributed by atoms with Crippen molar-refractivity contribution in [3.63, 3.8) is 0 Å². The van der Waals surface area contributed by atoms with Gasteiger partial charge in [-0.2, -0.15) is 0 Å². The van der Waals surface area contributed by atoms with Crippen molar-refractivity contribution in [2.45, 2.75) is 0 Å². The summed E-state index contributed by atoms with van der Waals surface area (Å²) in [6.45, 7) is 0. The van der Waals surface area contributed by atoms with Crippen LogP contribution >= 0.6 is 11.6 Å². The standard InChI is InChI=1S/C13H7ClF3NO/c14-7-3-6(4-8(18)5-7)13(19)9-1-2-10(15)12(17)11(9)16/h1-5H,18H2. The molecule has 0 unspecified atom stereocenters. The van der Waals surface area contributed by atoms with Gasteiger partial charge in [0, 0.05) is 16.3 Å². The molecule has 0 fully saturated rings. The van der Waals surface area contributed by atoms with Crippen LogP contribution in [-0.2, 0) is 0 Å². The van der Waals surface area contributed by atoms with E-state index < -0.39 is 28.8 Å². The van der Waals surface area contributed by atoms with Crippen molar-refractivity contribution >= 4 is 23.1 Å². The smallest absolute Gasteiger partial charge is 0.196 e. The minimum Gasteiger partial charge on any atom is -0.399 e. The molecule has 0 saturated heterocycles. The number of anilines is 1. The summed E-state index contributed by atoms with van der Waals surface area (Å²) in [7, 11) is 0. The third-order valence-electron chi connectivity index (χ3n) is 2.46. The quantitative estimate of drug-likeness (QED) is 0.521. The van der Waals surface area contributed by atoms with E-state index in [1.807, 2.05) is 0 Å². The third kappa shape index (κ3) is 2.56. The average Bonchev–Trinajstić information content (AvgIpc) is 2.34. The summed E-state index contributed by atoms with van der Waals surface area (Å²) >= 11 is 5.72. The Hall–Kier alpha value is -2.01. The normalized spacial score (nSPS) is 10.5. The molecule has 19 heavy (non-hydrogen) atoms. The molecule has 2 aromatic carbocycles. The largest absolute Gasteiger partial charge is 0.399 e. The predicted octanol–water partition coefficient (Wildman–Crippen LogP) is 3.57. The Kier molecular flexibility index (Phi) is 3.48. The molecule has 0 bridgehead atoms. The molecule has 2 nitrogen and oxygen atoms in total. The van der Waals surface area contributed by atoms with Gasteiger partial charge < -0.3 is 5.73 Å². The number of benzene rings is 2. The second-order valence-corrected chi connectivity index (χ2v) is 4.26. The second kappa shape index (κ2) is 4.93. The van der Waals surface area contributed by atoms with E-state index in [1.54, 1.807) is 0 Å². The molecule has 0 atom stereocenters. The van der Waals surface area contributed by atoms with Crippen LogP contribution in [0.15, 0.2) is 30.3 Å². The molecular formula is C13H7ClF3NO. The number of rotatable bonds is 2. The van der Waals surface area contributed by atoms with Crippen LogP contribution in [0, 0.1) is 17.5 Å². The first kappa shape index (κ1) is 13.4. The molecule has 2 N–H and O–H groups in total. The van der Waals surface area contributed by atoms with E-state index in [2.05, 4.69) is 0 Å². The first-order chi connectivity index (χ1) is 8.90. The predicted molar refractivity (Wildman–Crippen MR) is 65.6 cm³/mol. The first-order valence-corrected chi connectivity index (χ1v) is 5.52. The molecule has 0 amide bonds. The molecule has 2 aromatic rings. The number of carbonyl (C=O) groups excluding carboxylic acids is 1. The summed E-state index contributed by atoms with van der Waals surface area (Å²) in [5, 5.41) is 0.186. The van der Waals surface area contributed by atoms with Crippen molar-refractivity contribution in [2.24, 2.45) is 0 Å². The summed E-state index contributed by atoms with van der Waals surface area (Å²) in [4.78, 5) is 12.0. The van der Waals surface area contributed by atoms with E-state index in [0.717, 1.165) is 6.07 Å². The highest BCUT2D eigenvalue weighted by molar-refractivity contribution is 6.31. The van der Waals surface area contributed by atoms with Gasteiger partial charge in [-0.25, -0.2) is 13.2 Å². The molecule has 6 heteroatoms. The van der Waals surface area contributed by atoms with Crippen LogP contribution in [-0.4, -0.2) is 5.78 Å². The van der Waals surface area contributed by atoms with E-state index in [1.165, 1.54) is 18.2 Å². The van der Waals surface area contributed by atoms with Crippen molar-refractivity contribution < 1.29 is 18.0 Å². The van der Waals surface area contributed by atoms with Crippen LogP contribution in [0.3, 0.4) is 0 Å². The Labute approximate surface area is 111 Å². The van der Waals surface area contributed by atoms with Crippen molar-refractivity contribution in [3.8, 4) is 0 Å². The van der Waals surface area contributed by atoms with Crippen LogP contribution < -0.4 is 5.73 Å². The van der Waals surface area contributed by atoms with Crippen molar-refractivity contribution in [2.75, 3.05) is 5.73 Å². The van der Waals surface area contributed by atoms with Crippen LogP contribution in [0.2, 0.25) is 5.02 Å². The lowest BCUT2D eigenvalue weighted by Crippen LogP contribution is -2.07. The van der Waals surface area contributed by atoms with Gasteiger partial charge in [0.15, 0.2) is 23.2 Å². The lowest BCUT2D eigenvalue weighted by molar-refractivity contribution is 0.103. The topological polar surface area (TPSA) is 43.1 Å². The summed E-state index contributed by atoms with van der Waals surface area (Å²) < 4.78 is 39.4. The van der Waals surface area contributed by atoms with Gasteiger partial charge in [-0.3, -0.25) is 4.79 Å². The summed E-state index contributed by atoms with van der Waals surface area (Å²) in [5.74, 6) is -5.42. The summed E-state index contributed by atoms with van der Waals surface area (Å²) in [5.41, 5.74) is 5.12. The summed E-state index contributed by atoms with van der Waals surface area (Å²) in [6.07, 6.45) is 0. The first-order valence-electron chi connectivity index (χ1n) is 5.14. The number of halogens is 4. The molecule has 0 saturated carbocycles. The average molecular weight is 286 g/mol. The molecule has 0 heterocycles. The molecule has 0 aliphatic heterocycles. The SMILES string of the molecule is Nc1cc(Cl)cc(C(=O)c2ccc(F)c(F)c2F)c1. The van der Waals surface area contributed by atoms with Gasteiger partial charge in [0.05, 0.1) is 5.56 Å². The number of hydrogen-bond donors (Lipinski definition) is 1. The van der Waals surface area contributed by atoms with Gasteiger partial charge in [-0.1, -0.05) is 11.6 Å². The zero-order chi connectivity index (χ0) is 14.2. The molecule has 0 aliphatic carbocycles. The van der Waals surface area contributed by atoms with Crippen molar-refractivity contribution in [1.82, 2.24) is 0 Å². The maximum atomic E-state index is 13.5. The molecule has 2 rings (SSSR count). The highest BCUT2D eigenvalue weighted by Gasteiger charge is 2.20. The van der Waals surface area contributed by atoms with Crippen LogP contribution in [0.25, 0.3) is 0 Å². The molecular weight excluding hydrogens is 279 g/mol. The second-order valence-electron chi connectivity index (χ2n) is 3.83. The van der Waals surface area contributed by atoms with Gasteiger partial charge in [0.2, 0.25) is 0 Å². The summed E-state index contributed by atoms with van der Waals surface area (Å²) in [6, 6.07) is 5.49. The molecule has 0 radical (unpaired) electrons. The van der Waals surface area contributed by atoms with Gasteiger partial charge in [0.1, 0.15) is 0 Å². The lowest BCUT2D eigenvalue weighted by Gasteiger charge is -2.05. The van der Waals surface area contributed by atoms with Gasteiger partial charge in [-0.05, 0) is 30.3 Å². The van der Waals surface area contributed by atoms with E-state index in [9.17, 15) is 18.0 Å². The van der Waals surface area contributed by atoms with E-state index in [4.69, 9.17) is 17.3 Å². The number of nitrogen functional groups attached to an aromatic ring is 1. The lowest BCUT2D eigenvalue weighted by atomic mass is 10.0. The number of nitrogens with two attached hydrogens (primary N) is 1. The van der Waals surface area contributed by atoms with E-state index in [0.29, 0.717) is 6.07 Å². The minimum absolute atomic E-state index is 0.00471. The Balaban J connectivity index is 2.53. The molecule has 0 spiro atoms. The fourth-order valence-electron chi connectivity index (χ4n) is 1.60.